The number of ether oxygens (including phenoxy) is 1. The molecule has 5 heteroatoms. The number of carbonyl (C=O) groups excluding carboxylic acids is 1. The molecule has 1 aromatic carbocycles. The molecule has 1 aliphatic rings. The first-order valence-electron chi connectivity index (χ1n) is 8.11. The Morgan fingerprint density at radius 3 is 3.09 bits per heavy atom. The fourth-order valence-electron chi connectivity index (χ4n) is 2.83. The molecule has 0 aliphatic carbocycles. The van der Waals surface area contributed by atoms with Gasteiger partial charge in [-0.3, -0.25) is 9.48 Å². The number of carbonyl (C=O) groups is 1. The molecule has 122 valence electrons. The number of benzene rings is 1. The monoisotopic (exact) mass is 313 g/mol. The van der Waals surface area contributed by atoms with Gasteiger partial charge in [0, 0.05) is 12.7 Å². The second-order valence-corrected chi connectivity index (χ2v) is 6.59. The zero-order valence-electron chi connectivity index (χ0n) is 13.9. The van der Waals surface area contributed by atoms with Crippen LogP contribution in [0.25, 0.3) is 0 Å². The van der Waals surface area contributed by atoms with Gasteiger partial charge in [-0.05, 0) is 37.3 Å². The Morgan fingerprint density at radius 2 is 2.30 bits per heavy atom. The Kier molecular flexibility index (Phi) is 4.37. The highest BCUT2D eigenvalue weighted by Gasteiger charge is 2.26. The van der Waals surface area contributed by atoms with Gasteiger partial charge in [-0.15, -0.1) is 0 Å². The van der Waals surface area contributed by atoms with E-state index in [-0.39, 0.29) is 5.91 Å². The van der Waals surface area contributed by atoms with E-state index >= 15 is 0 Å². The van der Waals surface area contributed by atoms with Crippen molar-refractivity contribution < 1.29 is 9.53 Å². The van der Waals surface area contributed by atoms with Crippen LogP contribution in [0.3, 0.4) is 0 Å². The average molecular weight is 313 g/mol. The number of rotatable bonds is 4. The standard InChI is InChI=1S/C18H23N3O2/c1-12(2)10-21-11-15(9-19-21)20-18(22)17-7-5-14-8-13(3)4-6-16(14)23-17/h4,6,8-9,11-12,17H,5,7,10H2,1-3H3,(H,20,22). The summed E-state index contributed by atoms with van der Waals surface area (Å²) in [7, 11) is 0. The lowest BCUT2D eigenvalue weighted by atomic mass is 10.00. The highest BCUT2D eigenvalue weighted by Crippen LogP contribution is 2.28. The first kappa shape index (κ1) is 15.6. The van der Waals surface area contributed by atoms with Gasteiger partial charge in [-0.1, -0.05) is 31.5 Å². The number of amides is 1. The second-order valence-electron chi connectivity index (χ2n) is 6.59. The number of nitrogens with one attached hydrogen (secondary N) is 1. The molecule has 23 heavy (non-hydrogen) atoms. The van der Waals surface area contributed by atoms with Gasteiger partial charge in [0.1, 0.15) is 5.75 Å². The predicted octanol–water partition coefficient (Wildman–Crippen LogP) is 3.18. The molecular weight excluding hydrogens is 290 g/mol. The summed E-state index contributed by atoms with van der Waals surface area (Å²) >= 11 is 0. The summed E-state index contributed by atoms with van der Waals surface area (Å²) in [6.45, 7) is 7.17. The van der Waals surface area contributed by atoms with E-state index in [9.17, 15) is 4.79 Å². The summed E-state index contributed by atoms with van der Waals surface area (Å²) < 4.78 is 7.70. The van der Waals surface area contributed by atoms with E-state index in [1.54, 1.807) is 6.20 Å². The number of fused-ring (bicyclic) bond motifs is 1. The molecule has 2 heterocycles. The summed E-state index contributed by atoms with van der Waals surface area (Å²) in [5.74, 6) is 1.22. The van der Waals surface area contributed by atoms with Gasteiger partial charge < -0.3 is 10.1 Å². The molecule has 0 fully saturated rings. The summed E-state index contributed by atoms with van der Waals surface area (Å²) in [6.07, 6.45) is 4.65. The molecule has 1 aliphatic heterocycles. The maximum absolute atomic E-state index is 12.4. The second kappa shape index (κ2) is 6.44. The largest absolute Gasteiger partial charge is 0.480 e. The van der Waals surface area contributed by atoms with E-state index in [4.69, 9.17) is 4.74 Å². The summed E-state index contributed by atoms with van der Waals surface area (Å²) in [5, 5.41) is 7.16. The zero-order valence-corrected chi connectivity index (χ0v) is 13.9. The zero-order chi connectivity index (χ0) is 16.4. The van der Waals surface area contributed by atoms with Crippen LogP contribution in [0.2, 0.25) is 0 Å². The Bertz CT molecular complexity index is 706. The number of aromatic nitrogens is 2. The highest BCUT2D eigenvalue weighted by molar-refractivity contribution is 5.94. The first-order valence-corrected chi connectivity index (χ1v) is 8.11. The van der Waals surface area contributed by atoms with Crippen molar-refractivity contribution >= 4 is 11.6 Å². The minimum Gasteiger partial charge on any atom is -0.480 e. The van der Waals surface area contributed by atoms with Crippen molar-refractivity contribution in [2.24, 2.45) is 5.92 Å². The summed E-state index contributed by atoms with van der Waals surface area (Å²) in [6, 6.07) is 6.08. The summed E-state index contributed by atoms with van der Waals surface area (Å²) in [4.78, 5) is 12.4. The maximum Gasteiger partial charge on any atom is 0.265 e. The molecule has 1 atom stereocenters. The van der Waals surface area contributed by atoms with Crippen LogP contribution in [0, 0.1) is 12.8 Å². The first-order chi connectivity index (χ1) is 11.0. The maximum atomic E-state index is 12.4. The number of hydrogen-bond acceptors (Lipinski definition) is 3. The van der Waals surface area contributed by atoms with E-state index in [1.165, 1.54) is 11.1 Å². The van der Waals surface area contributed by atoms with E-state index in [2.05, 4.69) is 37.3 Å². The van der Waals surface area contributed by atoms with Crippen molar-refractivity contribution in [2.75, 3.05) is 5.32 Å². The molecule has 2 aromatic rings. The van der Waals surface area contributed by atoms with Gasteiger partial charge >= 0.3 is 0 Å². The average Bonchev–Trinajstić information content (AvgIpc) is 2.92. The molecule has 1 unspecified atom stereocenters. The minimum atomic E-state index is -0.446. The van der Waals surface area contributed by atoms with Gasteiger partial charge in [-0.25, -0.2) is 0 Å². The lowest BCUT2D eigenvalue weighted by Gasteiger charge is -2.25. The number of hydrogen-bond donors (Lipinski definition) is 1. The van der Waals surface area contributed by atoms with Crippen LogP contribution in [-0.4, -0.2) is 21.8 Å². The van der Waals surface area contributed by atoms with Gasteiger partial charge in [0.05, 0.1) is 11.9 Å². The van der Waals surface area contributed by atoms with Crippen LogP contribution in [-0.2, 0) is 17.8 Å². The van der Waals surface area contributed by atoms with Crippen molar-refractivity contribution in [3.8, 4) is 5.75 Å². The number of anilines is 1. The van der Waals surface area contributed by atoms with Crippen molar-refractivity contribution in [2.45, 2.75) is 46.3 Å². The van der Waals surface area contributed by atoms with E-state index in [0.29, 0.717) is 18.0 Å². The van der Waals surface area contributed by atoms with E-state index in [0.717, 1.165) is 18.7 Å². The van der Waals surface area contributed by atoms with Gasteiger partial charge in [0.15, 0.2) is 6.10 Å². The fourth-order valence-corrected chi connectivity index (χ4v) is 2.83. The van der Waals surface area contributed by atoms with Crippen molar-refractivity contribution in [1.82, 2.24) is 9.78 Å². The third kappa shape index (κ3) is 3.73. The van der Waals surface area contributed by atoms with Crippen LogP contribution in [0.1, 0.15) is 31.4 Å². The highest BCUT2D eigenvalue weighted by atomic mass is 16.5. The molecule has 0 spiro atoms. The van der Waals surface area contributed by atoms with Gasteiger partial charge in [0.25, 0.3) is 5.91 Å². The quantitative estimate of drug-likeness (QED) is 0.943. The molecule has 1 amide bonds. The van der Waals surface area contributed by atoms with Crippen molar-refractivity contribution in [3.63, 3.8) is 0 Å². The van der Waals surface area contributed by atoms with E-state index < -0.39 is 6.10 Å². The fraction of sp³-hybridized carbons (Fsp3) is 0.444. The number of aryl methyl sites for hydroxylation is 2. The van der Waals surface area contributed by atoms with Crippen molar-refractivity contribution in [1.29, 1.82) is 0 Å². The molecule has 1 N–H and O–H groups in total. The molecule has 0 saturated heterocycles. The van der Waals surface area contributed by atoms with Crippen LogP contribution in [0.5, 0.6) is 5.75 Å². The lowest BCUT2D eigenvalue weighted by Crippen LogP contribution is -2.35. The normalized spacial score (nSPS) is 16.8. The topological polar surface area (TPSA) is 56.2 Å². The van der Waals surface area contributed by atoms with Gasteiger partial charge in [-0.2, -0.15) is 5.10 Å². The smallest absolute Gasteiger partial charge is 0.265 e. The van der Waals surface area contributed by atoms with Gasteiger partial charge in [0.2, 0.25) is 0 Å². The van der Waals surface area contributed by atoms with Crippen LogP contribution in [0.15, 0.2) is 30.6 Å². The minimum absolute atomic E-state index is 0.111. The van der Waals surface area contributed by atoms with Crippen LogP contribution >= 0.6 is 0 Å². The predicted molar refractivity (Wildman–Crippen MR) is 89.6 cm³/mol. The Morgan fingerprint density at radius 1 is 1.48 bits per heavy atom. The summed E-state index contributed by atoms with van der Waals surface area (Å²) in [5.41, 5.74) is 3.11. The Hall–Kier alpha value is -2.30. The Labute approximate surface area is 136 Å². The van der Waals surface area contributed by atoms with Crippen LogP contribution in [0.4, 0.5) is 5.69 Å². The molecule has 5 nitrogen and oxygen atoms in total. The third-order valence-corrected chi connectivity index (χ3v) is 3.91. The SMILES string of the molecule is Cc1ccc2c(c1)CCC(C(=O)Nc1cnn(CC(C)C)c1)O2. The molecule has 0 radical (unpaired) electrons. The van der Waals surface area contributed by atoms with E-state index in [1.807, 2.05) is 23.0 Å². The lowest BCUT2D eigenvalue weighted by molar-refractivity contribution is -0.123. The third-order valence-electron chi connectivity index (χ3n) is 3.91. The molecule has 1 aromatic heterocycles. The molecule has 0 bridgehead atoms. The Balaban J connectivity index is 1.63. The van der Waals surface area contributed by atoms with Crippen LogP contribution < -0.4 is 10.1 Å². The van der Waals surface area contributed by atoms with Crippen molar-refractivity contribution in [3.05, 3.63) is 41.7 Å². The molecule has 3 rings (SSSR count). The molecule has 0 saturated carbocycles. The molecular formula is C18H23N3O2. The number of nitrogens with zero attached hydrogens (tertiary/aromatic N) is 2.